The Balaban J connectivity index is 1.79. The molecule has 0 aliphatic carbocycles. The summed E-state index contributed by atoms with van der Waals surface area (Å²) in [6.45, 7) is 1.33. The van der Waals surface area contributed by atoms with Crippen LogP contribution in [0.1, 0.15) is 23.7 Å². The van der Waals surface area contributed by atoms with Gasteiger partial charge in [0.25, 0.3) is 0 Å². The third-order valence-electron chi connectivity index (χ3n) is 5.52. The Kier molecular flexibility index (Phi) is 9.33. The van der Waals surface area contributed by atoms with Crippen molar-refractivity contribution in [2.24, 2.45) is 5.73 Å². The van der Waals surface area contributed by atoms with E-state index in [1.54, 1.807) is 6.20 Å². The lowest BCUT2D eigenvalue weighted by molar-refractivity contribution is -0.133. The predicted octanol–water partition coefficient (Wildman–Crippen LogP) is 0.397. The fourth-order valence-electron chi connectivity index (χ4n) is 3.74. The molecule has 0 aliphatic rings. The monoisotopic (exact) mass is 490 g/mol. The molecular weight excluding hydrogens is 460 g/mol. The Labute approximate surface area is 209 Å². The summed E-state index contributed by atoms with van der Waals surface area (Å²) in [5.74, 6) is -2.19. The van der Waals surface area contributed by atoms with Crippen LogP contribution in [0.2, 0.25) is 0 Å². The minimum absolute atomic E-state index is 0.0963. The highest BCUT2D eigenvalue weighted by Crippen LogP contribution is 2.08. The number of carbonyl (C=O) groups is 4. The van der Waals surface area contributed by atoms with Crippen molar-refractivity contribution in [1.29, 1.82) is 0 Å². The number of nitrogens with zero attached hydrogens (tertiary/aromatic N) is 1. The van der Waals surface area contributed by atoms with Gasteiger partial charge >= 0.3 is 0 Å². The topological polar surface area (TPSA) is 159 Å². The van der Waals surface area contributed by atoms with Gasteiger partial charge in [-0.15, -0.1) is 0 Å². The highest BCUT2D eigenvalue weighted by atomic mass is 16.2. The van der Waals surface area contributed by atoms with Crippen LogP contribution < -0.4 is 21.7 Å². The molecule has 0 bridgehead atoms. The van der Waals surface area contributed by atoms with E-state index >= 15 is 0 Å². The molecule has 0 unspecified atom stereocenters. The maximum Gasteiger partial charge on any atom is 0.243 e. The molecule has 1 heterocycles. The number of amides is 4. The van der Waals surface area contributed by atoms with Gasteiger partial charge in [-0.25, -0.2) is 4.98 Å². The Morgan fingerprint density at radius 1 is 0.778 bits per heavy atom. The minimum atomic E-state index is -1.02. The van der Waals surface area contributed by atoms with Crippen LogP contribution in [0.3, 0.4) is 0 Å². The Morgan fingerprint density at radius 3 is 1.72 bits per heavy atom. The fraction of sp³-hybridized carbons (Fsp3) is 0.269. The summed E-state index contributed by atoms with van der Waals surface area (Å²) in [5, 5.41) is 8.05. The van der Waals surface area contributed by atoms with Gasteiger partial charge in [0, 0.05) is 32.4 Å². The molecule has 0 radical (unpaired) electrons. The van der Waals surface area contributed by atoms with Gasteiger partial charge in [-0.3, -0.25) is 19.2 Å². The molecule has 1 aromatic heterocycles. The second-order valence-electron chi connectivity index (χ2n) is 8.42. The van der Waals surface area contributed by atoms with Crippen molar-refractivity contribution in [3.63, 3.8) is 0 Å². The highest BCUT2D eigenvalue weighted by molar-refractivity contribution is 5.94. The van der Waals surface area contributed by atoms with E-state index in [1.807, 2.05) is 60.7 Å². The lowest BCUT2D eigenvalue weighted by Gasteiger charge is -2.24. The summed E-state index contributed by atoms with van der Waals surface area (Å²) in [6, 6.07) is 15.5. The standard InChI is InChI=1S/C26H30N6O4/c1-17(33)30-22(12-18-8-4-2-5-9-18)25(35)32-23(13-19-10-6-3-7-11-19)26(36)31-21(24(27)34)14-20-15-28-16-29-20/h2-11,15-16,21-23H,12-14H2,1H3,(H2,27,34)(H,28,29)(H,30,33)(H,31,36)(H,32,35)/t21-,22-,23+/m0/s1. The van der Waals surface area contributed by atoms with E-state index < -0.39 is 35.8 Å². The smallest absolute Gasteiger partial charge is 0.243 e. The lowest BCUT2D eigenvalue weighted by atomic mass is 10.0. The number of rotatable bonds is 12. The first-order chi connectivity index (χ1) is 17.3. The number of nitrogens with two attached hydrogens (primary N) is 1. The summed E-state index contributed by atoms with van der Waals surface area (Å²) in [5.41, 5.74) is 7.73. The van der Waals surface area contributed by atoms with Crippen molar-refractivity contribution in [1.82, 2.24) is 25.9 Å². The second-order valence-corrected chi connectivity index (χ2v) is 8.42. The first kappa shape index (κ1) is 26.1. The van der Waals surface area contributed by atoms with Gasteiger partial charge < -0.3 is 26.7 Å². The van der Waals surface area contributed by atoms with Gasteiger partial charge in [-0.2, -0.15) is 0 Å². The Bertz CT molecular complexity index is 1150. The van der Waals surface area contributed by atoms with Crippen LogP contribution in [0.4, 0.5) is 0 Å². The zero-order valence-corrected chi connectivity index (χ0v) is 19.9. The first-order valence-electron chi connectivity index (χ1n) is 11.5. The van der Waals surface area contributed by atoms with Crippen LogP contribution in [-0.4, -0.2) is 51.7 Å². The van der Waals surface area contributed by atoms with E-state index in [4.69, 9.17) is 5.73 Å². The number of aromatic nitrogens is 2. The average Bonchev–Trinajstić information content (AvgIpc) is 3.37. The van der Waals surface area contributed by atoms with Crippen molar-refractivity contribution in [2.45, 2.75) is 44.3 Å². The maximum absolute atomic E-state index is 13.3. The number of hydrogen-bond acceptors (Lipinski definition) is 5. The molecule has 4 amide bonds. The molecule has 188 valence electrons. The molecule has 3 atom stereocenters. The van der Waals surface area contributed by atoms with E-state index in [0.717, 1.165) is 11.1 Å². The van der Waals surface area contributed by atoms with Crippen LogP contribution in [0, 0.1) is 0 Å². The zero-order chi connectivity index (χ0) is 25.9. The molecule has 3 rings (SSSR count). The molecule has 10 nitrogen and oxygen atoms in total. The average molecular weight is 491 g/mol. The van der Waals surface area contributed by atoms with Crippen LogP contribution in [0.15, 0.2) is 73.2 Å². The molecular formula is C26H30N6O4. The summed E-state index contributed by atoms with van der Waals surface area (Å²) < 4.78 is 0. The number of imidazole rings is 1. The first-order valence-corrected chi connectivity index (χ1v) is 11.5. The number of nitrogens with one attached hydrogen (secondary N) is 4. The summed E-state index contributed by atoms with van der Waals surface area (Å²) >= 11 is 0. The zero-order valence-electron chi connectivity index (χ0n) is 19.9. The number of aromatic amines is 1. The maximum atomic E-state index is 13.3. The molecule has 0 spiro atoms. The third kappa shape index (κ3) is 8.08. The molecule has 0 aliphatic heterocycles. The number of hydrogen-bond donors (Lipinski definition) is 5. The second kappa shape index (κ2) is 12.8. The van der Waals surface area contributed by atoms with Crippen molar-refractivity contribution >= 4 is 23.6 Å². The van der Waals surface area contributed by atoms with E-state index in [-0.39, 0.29) is 25.2 Å². The Morgan fingerprint density at radius 2 is 1.28 bits per heavy atom. The quantitative estimate of drug-likeness (QED) is 0.248. The molecule has 3 aromatic rings. The van der Waals surface area contributed by atoms with Gasteiger partial charge in [0.2, 0.25) is 23.6 Å². The molecule has 0 fully saturated rings. The van der Waals surface area contributed by atoms with Crippen LogP contribution in [0.25, 0.3) is 0 Å². The molecule has 10 heteroatoms. The summed E-state index contributed by atoms with van der Waals surface area (Å²) in [6.07, 6.45) is 3.58. The summed E-state index contributed by atoms with van der Waals surface area (Å²) in [4.78, 5) is 57.2. The van der Waals surface area contributed by atoms with Gasteiger partial charge in [-0.1, -0.05) is 60.7 Å². The molecule has 6 N–H and O–H groups in total. The van der Waals surface area contributed by atoms with Crippen LogP contribution in [0.5, 0.6) is 0 Å². The lowest BCUT2D eigenvalue weighted by Crippen LogP contribution is -2.57. The fourth-order valence-corrected chi connectivity index (χ4v) is 3.74. The predicted molar refractivity (Wildman–Crippen MR) is 133 cm³/mol. The molecule has 0 saturated carbocycles. The summed E-state index contributed by atoms with van der Waals surface area (Å²) in [7, 11) is 0. The molecule has 36 heavy (non-hydrogen) atoms. The van der Waals surface area contributed by atoms with E-state index in [9.17, 15) is 19.2 Å². The number of primary amides is 1. The van der Waals surface area contributed by atoms with E-state index in [0.29, 0.717) is 5.69 Å². The van der Waals surface area contributed by atoms with Crippen molar-refractivity contribution in [3.8, 4) is 0 Å². The normalized spacial score (nSPS) is 13.1. The van der Waals surface area contributed by atoms with E-state index in [2.05, 4.69) is 25.9 Å². The number of benzene rings is 2. The molecule has 0 saturated heterocycles. The Hall–Kier alpha value is -4.47. The number of H-pyrrole nitrogens is 1. The largest absolute Gasteiger partial charge is 0.368 e. The van der Waals surface area contributed by atoms with Gasteiger partial charge in [-0.05, 0) is 11.1 Å². The minimum Gasteiger partial charge on any atom is -0.368 e. The third-order valence-corrected chi connectivity index (χ3v) is 5.52. The van der Waals surface area contributed by atoms with Crippen LogP contribution >= 0.6 is 0 Å². The highest BCUT2D eigenvalue weighted by Gasteiger charge is 2.29. The van der Waals surface area contributed by atoms with Gasteiger partial charge in [0.05, 0.1) is 12.0 Å². The molecule has 2 aromatic carbocycles. The van der Waals surface area contributed by atoms with Crippen molar-refractivity contribution in [2.75, 3.05) is 0 Å². The van der Waals surface area contributed by atoms with E-state index in [1.165, 1.54) is 13.3 Å². The number of carbonyl (C=O) groups excluding carboxylic acids is 4. The van der Waals surface area contributed by atoms with Crippen molar-refractivity contribution in [3.05, 3.63) is 90.0 Å². The van der Waals surface area contributed by atoms with Crippen molar-refractivity contribution < 1.29 is 19.2 Å². The van der Waals surface area contributed by atoms with Gasteiger partial charge in [0.15, 0.2) is 0 Å². The van der Waals surface area contributed by atoms with Gasteiger partial charge in [0.1, 0.15) is 18.1 Å². The van der Waals surface area contributed by atoms with Crippen LogP contribution in [-0.2, 0) is 38.4 Å². The SMILES string of the molecule is CC(=O)N[C@@H](Cc1ccccc1)C(=O)N[C@H](Cc1ccccc1)C(=O)N[C@@H](Cc1c[nH]cn1)C(N)=O.